The predicted molar refractivity (Wildman–Crippen MR) is 325 cm³/mol. The summed E-state index contributed by atoms with van der Waals surface area (Å²) in [4.78, 5) is 38.1. The van der Waals surface area contributed by atoms with Gasteiger partial charge in [-0.15, -0.1) is 0 Å². The van der Waals surface area contributed by atoms with E-state index in [1.54, 1.807) is 0 Å². The minimum atomic E-state index is -0.781. The first-order valence-electron chi connectivity index (χ1n) is 32.4. The molecule has 434 valence electrons. The maximum Gasteiger partial charge on any atom is 0.306 e. The van der Waals surface area contributed by atoms with Gasteiger partial charge in [0.15, 0.2) is 6.10 Å². The van der Waals surface area contributed by atoms with Gasteiger partial charge < -0.3 is 14.2 Å². The highest BCUT2D eigenvalue weighted by Gasteiger charge is 2.19. The standard InChI is InChI=1S/C69H122O6/c1-4-7-10-13-16-19-21-23-25-26-27-28-29-30-31-32-33-34-35-36-37-38-39-40-41-42-44-45-47-50-53-56-59-62-68(71)74-65-66(64-73-67(70)61-58-55-52-49-18-15-12-9-6-3)75-69(72)63-60-57-54-51-48-46-43-24-22-20-17-14-11-8-5-2/h8,11,17,20-21,23-24,26-27,29-30,43,66H,4-7,9-10,12-16,18-19,22,25,28,31-42,44-65H2,1-3H3/b11-8-,20-17-,23-21-,27-26-,30-29-,43-24-. The Labute approximate surface area is 465 Å². The predicted octanol–water partition coefficient (Wildman–Crippen LogP) is 22.1. The van der Waals surface area contributed by atoms with Crippen molar-refractivity contribution in [2.75, 3.05) is 13.2 Å². The van der Waals surface area contributed by atoms with E-state index in [1.165, 1.54) is 180 Å². The average Bonchev–Trinajstić information content (AvgIpc) is 3.41. The molecule has 0 radical (unpaired) electrons. The fraction of sp³-hybridized carbons (Fsp3) is 0.783. The number of esters is 3. The zero-order valence-corrected chi connectivity index (χ0v) is 49.8. The zero-order valence-electron chi connectivity index (χ0n) is 49.8. The summed E-state index contributed by atoms with van der Waals surface area (Å²) in [6.45, 7) is 6.51. The van der Waals surface area contributed by atoms with E-state index < -0.39 is 6.10 Å². The summed E-state index contributed by atoms with van der Waals surface area (Å²) in [6.07, 6.45) is 82.3. The van der Waals surface area contributed by atoms with Gasteiger partial charge in [0, 0.05) is 19.3 Å². The summed E-state index contributed by atoms with van der Waals surface area (Å²) in [5, 5.41) is 0. The Kier molecular flexibility index (Phi) is 60.7. The monoisotopic (exact) mass is 1050 g/mol. The molecule has 0 aromatic carbocycles. The van der Waals surface area contributed by atoms with Crippen molar-refractivity contribution in [2.45, 2.75) is 335 Å². The van der Waals surface area contributed by atoms with Crippen LogP contribution in [0.15, 0.2) is 72.9 Å². The van der Waals surface area contributed by atoms with Gasteiger partial charge in [-0.25, -0.2) is 0 Å². The number of carbonyl (C=O) groups is 3. The van der Waals surface area contributed by atoms with Crippen LogP contribution in [0.5, 0.6) is 0 Å². The summed E-state index contributed by atoms with van der Waals surface area (Å²) < 4.78 is 16.8. The first-order chi connectivity index (χ1) is 37.0. The van der Waals surface area contributed by atoms with Crippen LogP contribution in [0.2, 0.25) is 0 Å². The van der Waals surface area contributed by atoms with Crippen LogP contribution in [0.3, 0.4) is 0 Å². The van der Waals surface area contributed by atoms with Crippen LogP contribution >= 0.6 is 0 Å². The Morgan fingerprint density at radius 3 is 0.813 bits per heavy atom. The van der Waals surface area contributed by atoms with Gasteiger partial charge >= 0.3 is 17.9 Å². The summed E-state index contributed by atoms with van der Waals surface area (Å²) in [6, 6.07) is 0. The van der Waals surface area contributed by atoms with Crippen LogP contribution in [0.25, 0.3) is 0 Å². The van der Waals surface area contributed by atoms with Crippen molar-refractivity contribution in [3.8, 4) is 0 Å². The minimum Gasteiger partial charge on any atom is -0.462 e. The summed E-state index contributed by atoms with van der Waals surface area (Å²) in [7, 11) is 0. The summed E-state index contributed by atoms with van der Waals surface area (Å²) >= 11 is 0. The second-order valence-corrected chi connectivity index (χ2v) is 21.6. The van der Waals surface area contributed by atoms with E-state index in [-0.39, 0.29) is 31.1 Å². The molecule has 1 atom stereocenters. The Bertz CT molecular complexity index is 1390. The van der Waals surface area contributed by atoms with Crippen molar-refractivity contribution in [3.05, 3.63) is 72.9 Å². The Morgan fingerprint density at radius 2 is 0.520 bits per heavy atom. The smallest absolute Gasteiger partial charge is 0.306 e. The summed E-state index contributed by atoms with van der Waals surface area (Å²) in [5.41, 5.74) is 0. The maximum atomic E-state index is 12.8. The lowest BCUT2D eigenvalue weighted by atomic mass is 10.0. The molecule has 0 fully saturated rings. The number of ether oxygens (including phenoxy) is 3. The fourth-order valence-electron chi connectivity index (χ4n) is 9.35. The summed E-state index contributed by atoms with van der Waals surface area (Å²) in [5.74, 6) is -0.886. The molecule has 6 heteroatoms. The first-order valence-corrected chi connectivity index (χ1v) is 32.4. The van der Waals surface area contributed by atoms with Crippen LogP contribution in [-0.4, -0.2) is 37.2 Å². The first kappa shape index (κ1) is 71.8. The van der Waals surface area contributed by atoms with E-state index in [0.717, 1.165) is 109 Å². The van der Waals surface area contributed by atoms with Crippen LogP contribution in [0.1, 0.15) is 329 Å². The van der Waals surface area contributed by atoms with E-state index in [4.69, 9.17) is 14.2 Å². The Morgan fingerprint density at radius 1 is 0.280 bits per heavy atom. The molecule has 0 spiro atoms. The van der Waals surface area contributed by atoms with Gasteiger partial charge in [0.25, 0.3) is 0 Å². The van der Waals surface area contributed by atoms with Crippen molar-refractivity contribution < 1.29 is 28.6 Å². The van der Waals surface area contributed by atoms with Crippen molar-refractivity contribution in [3.63, 3.8) is 0 Å². The molecule has 0 aromatic rings. The molecule has 0 saturated carbocycles. The van der Waals surface area contributed by atoms with Gasteiger partial charge in [0.05, 0.1) is 0 Å². The van der Waals surface area contributed by atoms with Crippen LogP contribution in [-0.2, 0) is 28.6 Å². The van der Waals surface area contributed by atoms with Gasteiger partial charge in [0.1, 0.15) is 13.2 Å². The molecule has 0 rings (SSSR count). The van der Waals surface area contributed by atoms with E-state index >= 15 is 0 Å². The van der Waals surface area contributed by atoms with Crippen molar-refractivity contribution in [1.29, 1.82) is 0 Å². The lowest BCUT2D eigenvalue weighted by molar-refractivity contribution is -0.167. The van der Waals surface area contributed by atoms with Crippen molar-refractivity contribution in [2.24, 2.45) is 0 Å². The van der Waals surface area contributed by atoms with E-state index in [2.05, 4.69) is 93.7 Å². The molecule has 0 bridgehead atoms. The fourth-order valence-corrected chi connectivity index (χ4v) is 9.35. The quantitative estimate of drug-likeness (QED) is 0.0261. The van der Waals surface area contributed by atoms with Crippen LogP contribution in [0, 0.1) is 0 Å². The molecule has 1 unspecified atom stereocenters. The number of unbranched alkanes of at least 4 members (excludes halogenated alkanes) is 36. The molecule has 6 nitrogen and oxygen atoms in total. The molecule has 0 heterocycles. The molecule has 0 amide bonds. The van der Waals surface area contributed by atoms with Gasteiger partial charge in [-0.3, -0.25) is 14.4 Å². The molecule has 0 aliphatic heterocycles. The third kappa shape index (κ3) is 61.6. The van der Waals surface area contributed by atoms with Gasteiger partial charge in [-0.1, -0.05) is 293 Å². The third-order valence-corrected chi connectivity index (χ3v) is 14.2. The van der Waals surface area contributed by atoms with Crippen molar-refractivity contribution >= 4 is 17.9 Å². The normalized spacial score (nSPS) is 12.5. The lowest BCUT2D eigenvalue weighted by Gasteiger charge is -2.18. The number of hydrogen-bond donors (Lipinski definition) is 0. The Hall–Kier alpha value is -3.15. The lowest BCUT2D eigenvalue weighted by Crippen LogP contribution is -2.30. The largest absolute Gasteiger partial charge is 0.462 e. The highest BCUT2D eigenvalue weighted by Crippen LogP contribution is 2.17. The van der Waals surface area contributed by atoms with E-state index in [9.17, 15) is 14.4 Å². The topological polar surface area (TPSA) is 78.9 Å². The molecular weight excluding hydrogens is 925 g/mol. The van der Waals surface area contributed by atoms with Crippen LogP contribution in [0.4, 0.5) is 0 Å². The molecule has 0 aliphatic rings. The molecule has 0 N–H and O–H groups in total. The molecule has 0 saturated heterocycles. The number of rotatable bonds is 59. The number of allylic oxidation sites excluding steroid dienone is 12. The average molecular weight is 1050 g/mol. The highest BCUT2D eigenvalue weighted by molar-refractivity contribution is 5.71. The van der Waals surface area contributed by atoms with Gasteiger partial charge in [-0.2, -0.15) is 0 Å². The maximum absolute atomic E-state index is 12.8. The van der Waals surface area contributed by atoms with Crippen molar-refractivity contribution in [1.82, 2.24) is 0 Å². The van der Waals surface area contributed by atoms with Crippen LogP contribution < -0.4 is 0 Å². The van der Waals surface area contributed by atoms with Gasteiger partial charge in [-0.05, 0) is 89.9 Å². The third-order valence-electron chi connectivity index (χ3n) is 14.2. The Balaban J connectivity index is 4.05. The van der Waals surface area contributed by atoms with E-state index in [0.29, 0.717) is 19.3 Å². The zero-order chi connectivity index (χ0) is 54.3. The minimum absolute atomic E-state index is 0.0787. The number of hydrogen-bond acceptors (Lipinski definition) is 6. The molecule has 0 aliphatic carbocycles. The van der Waals surface area contributed by atoms with Gasteiger partial charge in [0.2, 0.25) is 0 Å². The molecular formula is C69H122O6. The molecule has 0 aromatic heterocycles. The second-order valence-electron chi connectivity index (χ2n) is 21.6. The molecule has 75 heavy (non-hydrogen) atoms. The number of carbonyl (C=O) groups excluding carboxylic acids is 3. The SMILES string of the molecule is CC/C=C\C/C=C\C/C=C\CCCCCCCC(=O)OC(COC(=O)CCCCCCCCCCC)COC(=O)CCCCCCCCCCCCCCCCCCCC/C=C\C/C=C\C/C=C\CCCCCCC. The van der Waals surface area contributed by atoms with E-state index in [1.807, 2.05) is 0 Å². The highest BCUT2D eigenvalue weighted by atomic mass is 16.6. The second kappa shape index (κ2) is 63.4.